The molecule has 12 heteroatoms. The zero-order valence-corrected chi connectivity index (χ0v) is 20.2. The van der Waals surface area contributed by atoms with Gasteiger partial charge >= 0.3 is 17.6 Å². The highest BCUT2D eigenvalue weighted by Gasteiger charge is 2.57. The van der Waals surface area contributed by atoms with E-state index in [1.807, 2.05) is 0 Å². The fourth-order valence-electron chi connectivity index (χ4n) is 4.17. The first-order valence-electron chi connectivity index (χ1n) is 11.6. The Balaban J connectivity index is 1.43. The summed E-state index contributed by atoms with van der Waals surface area (Å²) in [6.07, 6.45) is 0.333. The smallest absolute Gasteiger partial charge is 0.351 e. The predicted molar refractivity (Wildman–Crippen MR) is 130 cm³/mol. The summed E-state index contributed by atoms with van der Waals surface area (Å²) in [4.78, 5) is 46.2. The maximum Gasteiger partial charge on any atom is 0.351 e. The zero-order chi connectivity index (χ0) is 26.7. The lowest BCUT2D eigenvalue weighted by Gasteiger charge is -2.30. The minimum absolute atomic E-state index is 0.210. The molecule has 1 aliphatic heterocycles. The van der Waals surface area contributed by atoms with Crippen molar-refractivity contribution in [2.45, 2.75) is 31.0 Å². The topological polar surface area (TPSA) is 148 Å². The molecular weight excluding hydrogens is 494 g/mol. The molecule has 12 nitrogen and oxygen atoms in total. The quantitative estimate of drug-likeness (QED) is 0.358. The van der Waals surface area contributed by atoms with Crippen molar-refractivity contribution in [3.05, 3.63) is 107 Å². The van der Waals surface area contributed by atoms with Crippen molar-refractivity contribution in [2.75, 3.05) is 6.61 Å². The number of rotatable bonds is 7. The molecule has 1 fully saturated rings. The van der Waals surface area contributed by atoms with Crippen LogP contribution in [-0.4, -0.2) is 65.8 Å². The fraction of sp³-hybridized carbons (Fsp3) is 0.231. The van der Waals surface area contributed by atoms with Gasteiger partial charge in [-0.15, -0.1) is 0 Å². The van der Waals surface area contributed by atoms with E-state index in [0.717, 1.165) is 4.57 Å². The van der Waals surface area contributed by atoms with Crippen molar-refractivity contribution in [1.29, 1.82) is 0 Å². The van der Waals surface area contributed by atoms with Gasteiger partial charge in [-0.3, -0.25) is 4.57 Å². The number of carbonyl (C=O) groups is 2. The summed E-state index contributed by atoms with van der Waals surface area (Å²) in [6.45, 7) is 1.02. The highest BCUT2D eigenvalue weighted by Crippen LogP contribution is 2.40. The molecule has 4 aromatic rings. The average molecular weight is 517 g/mol. The van der Waals surface area contributed by atoms with E-state index < -0.39 is 41.7 Å². The molecule has 38 heavy (non-hydrogen) atoms. The molecule has 2 aromatic heterocycles. The third-order valence-corrected chi connectivity index (χ3v) is 6.07. The maximum atomic E-state index is 12.9. The number of esters is 2. The van der Waals surface area contributed by atoms with Crippen molar-refractivity contribution >= 4 is 11.9 Å². The Morgan fingerprint density at radius 3 is 2.29 bits per heavy atom. The Kier molecular flexibility index (Phi) is 6.81. The Labute approximate surface area is 216 Å². The van der Waals surface area contributed by atoms with E-state index in [1.54, 1.807) is 60.7 Å². The monoisotopic (exact) mass is 517 g/mol. The minimum Gasteiger partial charge on any atom is -0.459 e. The fourth-order valence-corrected chi connectivity index (χ4v) is 4.17. The van der Waals surface area contributed by atoms with Crippen LogP contribution < -0.4 is 5.69 Å². The third kappa shape index (κ3) is 4.94. The number of ether oxygens (including phenoxy) is 3. The van der Waals surface area contributed by atoms with Gasteiger partial charge in [0.05, 0.1) is 11.1 Å². The molecule has 0 radical (unpaired) electrons. The molecule has 0 saturated carbocycles. The number of nitrogens with zero attached hydrogens (tertiary/aromatic N) is 5. The largest absolute Gasteiger partial charge is 0.459 e. The summed E-state index contributed by atoms with van der Waals surface area (Å²) >= 11 is 0. The summed E-state index contributed by atoms with van der Waals surface area (Å²) in [6, 6.07) is 18.0. The molecule has 0 unspecified atom stereocenters. The van der Waals surface area contributed by atoms with Gasteiger partial charge in [0.15, 0.2) is 18.1 Å². The van der Waals surface area contributed by atoms with E-state index in [-0.39, 0.29) is 18.0 Å². The van der Waals surface area contributed by atoms with Crippen molar-refractivity contribution in [3.8, 4) is 5.82 Å². The first kappa shape index (κ1) is 25.0. The van der Waals surface area contributed by atoms with Crippen molar-refractivity contribution < 1.29 is 28.9 Å². The molecule has 0 bridgehead atoms. The molecule has 3 heterocycles. The summed E-state index contributed by atoms with van der Waals surface area (Å²) in [5.41, 5.74) is -2.09. The van der Waals surface area contributed by atoms with Crippen LogP contribution in [0.1, 0.15) is 33.9 Å². The normalized spacial score (nSPS) is 22.6. The van der Waals surface area contributed by atoms with Crippen LogP contribution in [0, 0.1) is 0 Å². The van der Waals surface area contributed by atoms with Crippen molar-refractivity contribution in [2.24, 2.45) is 0 Å². The van der Waals surface area contributed by atoms with Crippen molar-refractivity contribution in [1.82, 2.24) is 24.3 Å². The number of benzene rings is 2. The molecule has 2 aromatic carbocycles. The van der Waals surface area contributed by atoms with E-state index in [1.165, 1.54) is 36.5 Å². The molecule has 0 aliphatic carbocycles. The summed E-state index contributed by atoms with van der Waals surface area (Å²) < 4.78 is 19.5. The molecule has 1 saturated heterocycles. The van der Waals surface area contributed by atoms with Crippen LogP contribution in [0.4, 0.5) is 0 Å². The predicted octanol–water partition coefficient (Wildman–Crippen LogP) is 1.55. The van der Waals surface area contributed by atoms with Crippen LogP contribution in [0.2, 0.25) is 0 Å². The van der Waals surface area contributed by atoms with Crippen LogP contribution in [-0.2, 0) is 14.2 Å². The second kappa shape index (κ2) is 10.4. The lowest BCUT2D eigenvalue weighted by Crippen LogP contribution is -2.48. The Morgan fingerprint density at radius 1 is 1.03 bits per heavy atom. The lowest BCUT2D eigenvalue weighted by molar-refractivity contribution is -0.101. The van der Waals surface area contributed by atoms with E-state index in [9.17, 15) is 19.5 Å². The van der Waals surface area contributed by atoms with Gasteiger partial charge in [0.25, 0.3) is 0 Å². The Bertz CT molecular complexity index is 1470. The van der Waals surface area contributed by atoms with Gasteiger partial charge < -0.3 is 19.3 Å². The number of hydrogen-bond donors (Lipinski definition) is 1. The molecule has 0 spiro atoms. The van der Waals surface area contributed by atoms with Gasteiger partial charge in [-0.25, -0.2) is 24.0 Å². The molecule has 194 valence electrons. The van der Waals surface area contributed by atoms with Crippen LogP contribution >= 0.6 is 0 Å². The van der Waals surface area contributed by atoms with Crippen LogP contribution in [0.15, 0.2) is 90.4 Å². The number of aliphatic hydroxyl groups is 1. The number of hydrogen-bond acceptors (Lipinski definition) is 10. The summed E-state index contributed by atoms with van der Waals surface area (Å²) in [5, 5.41) is 15.5. The minimum atomic E-state index is -1.91. The van der Waals surface area contributed by atoms with E-state index in [0.29, 0.717) is 5.56 Å². The van der Waals surface area contributed by atoms with E-state index in [2.05, 4.69) is 15.1 Å². The highest BCUT2D eigenvalue weighted by atomic mass is 16.6. The second-order valence-electron chi connectivity index (χ2n) is 8.72. The highest BCUT2D eigenvalue weighted by molar-refractivity contribution is 5.90. The molecule has 1 N–H and O–H groups in total. The third-order valence-electron chi connectivity index (χ3n) is 6.07. The maximum absolute atomic E-state index is 12.9. The standard InChI is InChI=1S/C26H23N5O7/c1-26(35)21(38-23(33)18-10-6-3-7-11-18)19(14-36-22(32)17-8-4-2-5-9-17)37-24(26)30-13-12-20(29-25(30)34)31-16-27-15-28-31/h2-13,15-16,19,21,24,35H,14H2,1H3/t19-,21-,24-,26-/m1/s1. The molecule has 4 atom stereocenters. The first-order chi connectivity index (χ1) is 18.3. The Morgan fingerprint density at radius 2 is 1.68 bits per heavy atom. The van der Waals surface area contributed by atoms with Gasteiger partial charge in [-0.05, 0) is 37.3 Å². The molecular formula is C26H23N5O7. The van der Waals surface area contributed by atoms with Crippen LogP contribution in [0.5, 0.6) is 0 Å². The van der Waals surface area contributed by atoms with Gasteiger partial charge in [0, 0.05) is 6.20 Å². The molecule has 1 aliphatic rings. The zero-order valence-electron chi connectivity index (χ0n) is 20.2. The van der Waals surface area contributed by atoms with Gasteiger partial charge in [-0.2, -0.15) is 10.1 Å². The Hall–Kier alpha value is -4.68. The van der Waals surface area contributed by atoms with Gasteiger partial charge in [0.2, 0.25) is 0 Å². The SMILES string of the molecule is C[C@@]1(O)[C@H](OC(=O)c2ccccc2)[C@@H](COC(=O)c2ccccc2)O[C@H]1n1ccc(-n2cncn2)nc1=O. The van der Waals surface area contributed by atoms with Crippen LogP contribution in [0.3, 0.4) is 0 Å². The van der Waals surface area contributed by atoms with E-state index >= 15 is 0 Å². The van der Waals surface area contributed by atoms with E-state index in [4.69, 9.17) is 14.2 Å². The first-order valence-corrected chi connectivity index (χ1v) is 11.6. The average Bonchev–Trinajstić information content (AvgIpc) is 3.55. The van der Waals surface area contributed by atoms with Crippen LogP contribution in [0.25, 0.3) is 5.82 Å². The second-order valence-corrected chi connectivity index (χ2v) is 8.72. The van der Waals surface area contributed by atoms with Crippen molar-refractivity contribution in [3.63, 3.8) is 0 Å². The van der Waals surface area contributed by atoms with Gasteiger partial charge in [0.1, 0.15) is 31.0 Å². The lowest BCUT2D eigenvalue weighted by atomic mass is 9.96. The summed E-state index contributed by atoms with van der Waals surface area (Å²) in [5.74, 6) is -1.13. The summed E-state index contributed by atoms with van der Waals surface area (Å²) in [7, 11) is 0. The van der Waals surface area contributed by atoms with Gasteiger partial charge in [-0.1, -0.05) is 36.4 Å². The number of carbonyl (C=O) groups excluding carboxylic acids is 2. The molecule has 5 rings (SSSR count). The molecule has 0 amide bonds. The number of aromatic nitrogens is 5.